The minimum atomic E-state index is -0.931. The number of hydrogen-bond acceptors (Lipinski definition) is 10. The summed E-state index contributed by atoms with van der Waals surface area (Å²) in [6, 6.07) is 6.31. The molecule has 0 radical (unpaired) electrons. The Labute approximate surface area is 205 Å². The summed E-state index contributed by atoms with van der Waals surface area (Å²) in [5.74, 6) is -0.888. The Morgan fingerprint density at radius 1 is 1.31 bits per heavy atom. The average molecular weight is 500 g/mol. The molecule has 4 N–H and O–H groups in total. The fourth-order valence-electron chi connectivity index (χ4n) is 3.41. The van der Waals surface area contributed by atoms with Gasteiger partial charge in [-0.3, -0.25) is 19.1 Å². The third kappa shape index (κ3) is 5.39. The van der Waals surface area contributed by atoms with Crippen molar-refractivity contribution < 1.29 is 28.7 Å². The molecule has 0 saturated heterocycles. The number of alkyl halides is 1. The molecule has 0 aliphatic heterocycles. The van der Waals surface area contributed by atoms with E-state index >= 15 is 0 Å². The van der Waals surface area contributed by atoms with Crippen LogP contribution in [0.4, 0.5) is 15.8 Å². The van der Waals surface area contributed by atoms with E-state index in [4.69, 9.17) is 20.4 Å². The summed E-state index contributed by atoms with van der Waals surface area (Å²) >= 11 is 0. The number of nitrogens with zero attached hydrogens (tertiary/aromatic N) is 6. The standard InChI is InChI=1S/C22H25FN8O5/c1-35-19-14(21-25-12-30(29-21)8-9-32)3-2-4-16(19)31(36-10-7-23)17-11-15(22(34)26-13-5-6-13)27-28-18(17)20(24)33/h2-4,11-13,32H,5-10H2,1H3,(H2,24,33)(H,26,34). The fraction of sp³-hybridized carbons (Fsp3) is 0.364. The number of carbonyl (C=O) groups is 2. The molecule has 4 rings (SSSR count). The van der Waals surface area contributed by atoms with Gasteiger partial charge >= 0.3 is 0 Å². The van der Waals surface area contributed by atoms with Crippen LogP contribution in [-0.2, 0) is 11.4 Å². The minimum absolute atomic E-state index is 0.0267. The molecule has 1 aliphatic rings. The number of aliphatic hydroxyl groups is 1. The van der Waals surface area contributed by atoms with Crippen LogP contribution in [-0.4, -0.2) is 74.9 Å². The zero-order valence-electron chi connectivity index (χ0n) is 19.4. The number of amides is 2. The second kappa shape index (κ2) is 11.0. The summed E-state index contributed by atoms with van der Waals surface area (Å²) in [5, 5.41) is 25.1. The van der Waals surface area contributed by atoms with Gasteiger partial charge in [-0.15, -0.1) is 10.2 Å². The second-order valence-electron chi connectivity index (χ2n) is 7.80. The van der Waals surface area contributed by atoms with E-state index in [0.29, 0.717) is 11.4 Å². The number of primary amides is 1. The van der Waals surface area contributed by atoms with Gasteiger partial charge < -0.3 is 20.9 Å². The van der Waals surface area contributed by atoms with Crippen molar-refractivity contribution in [2.75, 3.05) is 32.1 Å². The molecule has 1 fully saturated rings. The van der Waals surface area contributed by atoms with E-state index in [2.05, 4.69) is 25.6 Å². The number of carbonyl (C=O) groups excluding carboxylic acids is 2. The predicted octanol–water partition coefficient (Wildman–Crippen LogP) is 0.766. The summed E-state index contributed by atoms with van der Waals surface area (Å²) < 4.78 is 20.3. The van der Waals surface area contributed by atoms with Crippen LogP contribution in [0.3, 0.4) is 0 Å². The van der Waals surface area contributed by atoms with E-state index in [0.717, 1.165) is 17.9 Å². The van der Waals surface area contributed by atoms with Crippen molar-refractivity contribution in [3.05, 3.63) is 42.0 Å². The third-order valence-electron chi connectivity index (χ3n) is 5.19. The van der Waals surface area contributed by atoms with Gasteiger partial charge in [0.05, 0.1) is 25.8 Å². The van der Waals surface area contributed by atoms with E-state index in [-0.39, 0.29) is 54.3 Å². The number of nitrogens with two attached hydrogens (primary N) is 1. The van der Waals surface area contributed by atoms with Crippen LogP contribution in [0.5, 0.6) is 5.75 Å². The number of aromatic nitrogens is 5. The molecule has 14 heteroatoms. The minimum Gasteiger partial charge on any atom is -0.494 e. The Morgan fingerprint density at radius 2 is 2.11 bits per heavy atom. The van der Waals surface area contributed by atoms with Gasteiger partial charge in [0.15, 0.2) is 23.0 Å². The Hall–Kier alpha value is -4.17. The maximum atomic E-state index is 13.2. The van der Waals surface area contributed by atoms with E-state index in [1.165, 1.54) is 24.2 Å². The first-order chi connectivity index (χ1) is 17.5. The van der Waals surface area contributed by atoms with Crippen molar-refractivity contribution >= 4 is 23.2 Å². The van der Waals surface area contributed by atoms with Crippen LogP contribution in [0, 0.1) is 0 Å². The van der Waals surface area contributed by atoms with Crippen molar-refractivity contribution in [3.8, 4) is 17.1 Å². The molecule has 1 aromatic carbocycles. The molecule has 36 heavy (non-hydrogen) atoms. The maximum absolute atomic E-state index is 13.2. The average Bonchev–Trinajstić information content (AvgIpc) is 3.58. The number of para-hydroxylation sites is 1. The first kappa shape index (κ1) is 24.9. The van der Waals surface area contributed by atoms with E-state index in [1.54, 1.807) is 18.2 Å². The van der Waals surface area contributed by atoms with Crippen molar-refractivity contribution in [1.29, 1.82) is 0 Å². The molecule has 1 aliphatic carbocycles. The second-order valence-corrected chi connectivity index (χ2v) is 7.80. The topological polar surface area (TPSA) is 171 Å². The highest BCUT2D eigenvalue weighted by Crippen LogP contribution is 2.41. The molecule has 2 amide bonds. The lowest BCUT2D eigenvalue weighted by molar-refractivity contribution is 0.0937. The Kier molecular flexibility index (Phi) is 7.65. The molecule has 0 bridgehead atoms. The van der Waals surface area contributed by atoms with Gasteiger partial charge in [-0.25, -0.2) is 14.4 Å². The van der Waals surface area contributed by atoms with Gasteiger partial charge in [0.25, 0.3) is 11.8 Å². The van der Waals surface area contributed by atoms with Crippen molar-refractivity contribution in [2.24, 2.45) is 5.73 Å². The zero-order chi connectivity index (χ0) is 25.7. The smallest absolute Gasteiger partial charge is 0.272 e. The summed E-state index contributed by atoms with van der Waals surface area (Å²) in [7, 11) is 1.41. The molecule has 190 valence electrons. The van der Waals surface area contributed by atoms with Crippen LogP contribution < -0.4 is 20.9 Å². The molecule has 1 saturated carbocycles. The molecule has 0 unspecified atom stereocenters. The number of ether oxygens (including phenoxy) is 1. The first-order valence-corrected chi connectivity index (χ1v) is 11.1. The lowest BCUT2D eigenvalue weighted by atomic mass is 10.1. The van der Waals surface area contributed by atoms with Gasteiger partial charge in [0, 0.05) is 6.04 Å². The number of halogens is 1. The van der Waals surface area contributed by atoms with Gasteiger partial charge in [-0.05, 0) is 31.0 Å². The van der Waals surface area contributed by atoms with E-state index in [9.17, 15) is 14.0 Å². The van der Waals surface area contributed by atoms with Crippen molar-refractivity contribution in [1.82, 2.24) is 30.3 Å². The number of anilines is 2. The molecule has 2 aromatic heterocycles. The number of hydrogen-bond donors (Lipinski definition) is 3. The van der Waals surface area contributed by atoms with Gasteiger partial charge in [-0.1, -0.05) is 6.07 Å². The Balaban J connectivity index is 1.82. The third-order valence-corrected chi connectivity index (χ3v) is 5.19. The molecular weight excluding hydrogens is 475 g/mol. The fourth-order valence-corrected chi connectivity index (χ4v) is 3.41. The van der Waals surface area contributed by atoms with Crippen molar-refractivity contribution in [2.45, 2.75) is 25.4 Å². The van der Waals surface area contributed by atoms with Crippen LogP contribution in [0.1, 0.15) is 33.8 Å². The number of benzene rings is 1. The molecule has 2 heterocycles. The van der Waals surface area contributed by atoms with Crippen LogP contribution >= 0.6 is 0 Å². The predicted molar refractivity (Wildman–Crippen MR) is 124 cm³/mol. The Morgan fingerprint density at radius 3 is 2.78 bits per heavy atom. The molecule has 0 atom stereocenters. The Bertz CT molecular complexity index is 1250. The lowest BCUT2D eigenvalue weighted by Gasteiger charge is -2.27. The summed E-state index contributed by atoms with van der Waals surface area (Å²) in [5.41, 5.74) is 5.82. The highest BCUT2D eigenvalue weighted by atomic mass is 19.1. The van der Waals surface area contributed by atoms with Gasteiger partial charge in [0.2, 0.25) is 0 Å². The normalized spacial score (nSPS) is 12.9. The molecule has 0 spiro atoms. The molecular formula is C22H25FN8O5. The summed E-state index contributed by atoms with van der Waals surface area (Å²) in [6.45, 7) is -1.10. The number of nitrogens with one attached hydrogen (secondary N) is 1. The lowest BCUT2D eigenvalue weighted by Crippen LogP contribution is -2.29. The highest BCUT2D eigenvalue weighted by Gasteiger charge is 2.29. The van der Waals surface area contributed by atoms with E-state index < -0.39 is 18.5 Å². The van der Waals surface area contributed by atoms with Gasteiger partial charge in [0.1, 0.15) is 31.0 Å². The molecule has 3 aromatic rings. The summed E-state index contributed by atoms with van der Waals surface area (Å²) in [4.78, 5) is 34.7. The monoisotopic (exact) mass is 500 g/mol. The maximum Gasteiger partial charge on any atom is 0.272 e. The number of rotatable bonds is 12. The first-order valence-electron chi connectivity index (χ1n) is 11.1. The van der Waals surface area contributed by atoms with Crippen LogP contribution in [0.2, 0.25) is 0 Å². The van der Waals surface area contributed by atoms with Crippen molar-refractivity contribution in [3.63, 3.8) is 0 Å². The number of methoxy groups -OCH3 is 1. The summed E-state index contributed by atoms with van der Waals surface area (Å²) in [6.07, 6.45) is 3.18. The van der Waals surface area contributed by atoms with Crippen LogP contribution in [0.15, 0.2) is 30.6 Å². The quantitative estimate of drug-likeness (QED) is 0.302. The zero-order valence-corrected chi connectivity index (χ0v) is 19.4. The largest absolute Gasteiger partial charge is 0.494 e. The van der Waals surface area contributed by atoms with Crippen LogP contribution in [0.25, 0.3) is 11.4 Å². The van der Waals surface area contributed by atoms with Gasteiger partial charge in [-0.2, -0.15) is 5.10 Å². The number of aliphatic hydroxyl groups excluding tert-OH is 1. The van der Waals surface area contributed by atoms with E-state index in [1.807, 2.05) is 0 Å². The molecule has 13 nitrogen and oxygen atoms in total. The highest BCUT2D eigenvalue weighted by molar-refractivity contribution is 6.00. The SMILES string of the molecule is COc1c(-c2ncn(CCO)n2)cccc1N(OCCF)c1cc(C(=O)NC2CC2)nnc1C(N)=O.